The summed E-state index contributed by atoms with van der Waals surface area (Å²) in [5.41, 5.74) is 5.14. The van der Waals surface area contributed by atoms with Crippen LogP contribution in [0.25, 0.3) is 10.9 Å². The lowest BCUT2D eigenvalue weighted by molar-refractivity contribution is 0.0624. The number of amides is 1. The molecule has 1 N–H and O–H groups in total. The molecule has 0 radical (unpaired) electrons. The van der Waals surface area contributed by atoms with Crippen molar-refractivity contribution >= 4 is 22.6 Å². The average Bonchev–Trinajstić information content (AvgIpc) is 2.81. The predicted molar refractivity (Wildman–Crippen MR) is 143 cm³/mol. The molecule has 1 aliphatic heterocycles. The van der Waals surface area contributed by atoms with Crippen molar-refractivity contribution in [3.63, 3.8) is 0 Å². The second kappa shape index (κ2) is 11.1. The third kappa shape index (κ3) is 6.16. The van der Waals surface area contributed by atoms with Crippen LogP contribution in [0.2, 0.25) is 0 Å². The first-order valence-electron chi connectivity index (χ1n) is 12.6. The Morgan fingerprint density at radius 1 is 1.00 bits per heavy atom. The number of nitrogens with zero attached hydrogens (tertiary/aromatic N) is 5. The molecule has 1 aliphatic rings. The van der Waals surface area contributed by atoms with E-state index < -0.39 is 0 Å². The average molecular weight is 475 g/mol. The Balaban J connectivity index is 1.41. The topological polar surface area (TPSA) is 64.6 Å². The minimum atomic E-state index is 0.144. The van der Waals surface area contributed by atoms with Crippen molar-refractivity contribution in [3.05, 3.63) is 64.5 Å². The zero-order valence-corrected chi connectivity index (χ0v) is 21.8. The van der Waals surface area contributed by atoms with E-state index >= 15 is 0 Å². The number of carbonyl (C=O) groups is 1. The van der Waals surface area contributed by atoms with Crippen molar-refractivity contribution in [3.8, 4) is 0 Å². The van der Waals surface area contributed by atoms with E-state index in [1.165, 1.54) is 5.56 Å². The fourth-order valence-corrected chi connectivity index (χ4v) is 4.92. The summed E-state index contributed by atoms with van der Waals surface area (Å²) < 4.78 is 0. The molecule has 35 heavy (non-hydrogen) atoms. The third-order valence-electron chi connectivity index (χ3n) is 6.64. The van der Waals surface area contributed by atoms with Gasteiger partial charge in [-0.15, -0.1) is 0 Å². The molecule has 0 unspecified atom stereocenters. The van der Waals surface area contributed by atoms with Gasteiger partial charge < -0.3 is 15.1 Å². The summed E-state index contributed by atoms with van der Waals surface area (Å²) in [5, 5.41) is 4.58. The van der Waals surface area contributed by atoms with Crippen LogP contribution in [0.1, 0.15) is 39.3 Å². The molecule has 1 aromatic heterocycles. The Morgan fingerprint density at radius 2 is 1.69 bits per heavy atom. The maximum atomic E-state index is 13.2. The van der Waals surface area contributed by atoms with Gasteiger partial charge in [0.25, 0.3) is 5.91 Å². The van der Waals surface area contributed by atoms with Gasteiger partial charge >= 0.3 is 0 Å². The number of fused-ring (bicyclic) bond motifs is 1. The zero-order valence-electron chi connectivity index (χ0n) is 21.8. The molecule has 2 aromatic carbocycles. The van der Waals surface area contributed by atoms with Crippen molar-refractivity contribution in [1.82, 2.24) is 24.7 Å². The standard InChI is InChI=1S/C28H38N6O/c1-20-17-21(2)26(22(3)18-20)28(35)34-15-13-33(14-16-34)19-25-30-24-10-7-6-9-23(24)27(31-25)29-11-8-12-32(4)5/h6-7,9-10,17-18H,8,11-16,19H2,1-5H3,(H,29,30,31). The van der Waals surface area contributed by atoms with Crippen molar-refractivity contribution < 1.29 is 4.79 Å². The minimum Gasteiger partial charge on any atom is -0.369 e. The quantitative estimate of drug-likeness (QED) is 0.500. The van der Waals surface area contributed by atoms with Gasteiger partial charge in [0.05, 0.1) is 12.1 Å². The third-order valence-corrected chi connectivity index (χ3v) is 6.64. The Bertz CT molecular complexity index is 1160. The Labute approximate surface area is 209 Å². The fourth-order valence-electron chi connectivity index (χ4n) is 4.92. The fraction of sp³-hybridized carbons (Fsp3) is 0.464. The van der Waals surface area contributed by atoms with Crippen molar-refractivity contribution in [2.75, 3.05) is 58.7 Å². The molecule has 2 heterocycles. The molecule has 0 aliphatic carbocycles. The van der Waals surface area contributed by atoms with Gasteiger partial charge in [-0.25, -0.2) is 9.97 Å². The molecule has 4 rings (SSSR count). The molecule has 3 aromatic rings. The van der Waals surface area contributed by atoms with Crippen LogP contribution < -0.4 is 5.32 Å². The van der Waals surface area contributed by atoms with Gasteiger partial charge in [-0.1, -0.05) is 29.8 Å². The number of hydrogen-bond donors (Lipinski definition) is 1. The molecule has 1 saturated heterocycles. The lowest BCUT2D eigenvalue weighted by Crippen LogP contribution is -2.48. The van der Waals surface area contributed by atoms with Crippen LogP contribution in [-0.2, 0) is 6.54 Å². The number of hydrogen-bond acceptors (Lipinski definition) is 6. The second-order valence-corrected chi connectivity index (χ2v) is 9.93. The lowest BCUT2D eigenvalue weighted by Gasteiger charge is -2.35. The number of piperazine rings is 1. The molecular weight excluding hydrogens is 436 g/mol. The first kappa shape index (κ1) is 25.1. The van der Waals surface area contributed by atoms with Gasteiger partial charge in [0.2, 0.25) is 0 Å². The monoisotopic (exact) mass is 474 g/mol. The highest BCUT2D eigenvalue weighted by Gasteiger charge is 2.25. The molecule has 186 valence electrons. The van der Waals surface area contributed by atoms with E-state index in [0.29, 0.717) is 6.54 Å². The van der Waals surface area contributed by atoms with Crippen LogP contribution in [0.5, 0.6) is 0 Å². The van der Waals surface area contributed by atoms with Gasteiger partial charge in [-0.05, 0) is 71.1 Å². The van der Waals surface area contributed by atoms with E-state index in [0.717, 1.165) is 84.9 Å². The molecule has 1 amide bonds. The summed E-state index contributed by atoms with van der Waals surface area (Å²) in [4.78, 5) is 29.5. The molecule has 0 saturated carbocycles. The minimum absolute atomic E-state index is 0.144. The maximum absolute atomic E-state index is 13.2. The summed E-state index contributed by atoms with van der Waals surface area (Å²) in [5.74, 6) is 1.87. The number of carbonyl (C=O) groups excluding carboxylic acids is 1. The number of aryl methyl sites for hydroxylation is 3. The summed E-state index contributed by atoms with van der Waals surface area (Å²) in [6, 6.07) is 12.4. The summed E-state index contributed by atoms with van der Waals surface area (Å²) in [6.45, 7) is 11.8. The van der Waals surface area contributed by atoms with Gasteiger partial charge in [0.1, 0.15) is 11.6 Å². The zero-order chi connectivity index (χ0) is 24.9. The number of rotatable bonds is 8. The highest BCUT2D eigenvalue weighted by Crippen LogP contribution is 2.22. The number of nitrogens with one attached hydrogen (secondary N) is 1. The van der Waals surface area contributed by atoms with Crippen molar-refractivity contribution in [2.45, 2.75) is 33.7 Å². The predicted octanol–water partition coefficient (Wildman–Crippen LogP) is 3.88. The smallest absolute Gasteiger partial charge is 0.254 e. The largest absolute Gasteiger partial charge is 0.369 e. The molecule has 7 nitrogen and oxygen atoms in total. The summed E-state index contributed by atoms with van der Waals surface area (Å²) >= 11 is 0. The van der Waals surface area contributed by atoms with Crippen LogP contribution in [0, 0.1) is 20.8 Å². The Morgan fingerprint density at radius 3 is 2.37 bits per heavy atom. The lowest BCUT2D eigenvalue weighted by atomic mass is 9.98. The van der Waals surface area contributed by atoms with E-state index in [9.17, 15) is 4.79 Å². The van der Waals surface area contributed by atoms with E-state index in [1.54, 1.807) is 0 Å². The first-order chi connectivity index (χ1) is 16.8. The van der Waals surface area contributed by atoms with Crippen LogP contribution in [0.3, 0.4) is 0 Å². The van der Waals surface area contributed by atoms with Crippen molar-refractivity contribution in [1.29, 1.82) is 0 Å². The Kier molecular flexibility index (Phi) is 7.98. The van der Waals surface area contributed by atoms with E-state index in [2.05, 4.69) is 54.3 Å². The van der Waals surface area contributed by atoms with Gasteiger partial charge in [-0.2, -0.15) is 0 Å². The van der Waals surface area contributed by atoms with E-state index in [4.69, 9.17) is 9.97 Å². The van der Waals surface area contributed by atoms with E-state index in [1.807, 2.05) is 36.9 Å². The molecule has 0 spiro atoms. The number of benzene rings is 2. The van der Waals surface area contributed by atoms with Crippen LogP contribution in [0.15, 0.2) is 36.4 Å². The number of aromatic nitrogens is 2. The van der Waals surface area contributed by atoms with E-state index in [-0.39, 0.29) is 5.91 Å². The van der Waals surface area contributed by atoms with Gasteiger partial charge in [-0.3, -0.25) is 9.69 Å². The highest BCUT2D eigenvalue weighted by molar-refractivity contribution is 5.97. The summed E-state index contributed by atoms with van der Waals surface area (Å²) in [7, 11) is 4.18. The highest BCUT2D eigenvalue weighted by atomic mass is 16.2. The van der Waals surface area contributed by atoms with Gasteiger partial charge in [0, 0.05) is 43.7 Å². The Hall–Kier alpha value is -3.03. The SMILES string of the molecule is Cc1cc(C)c(C(=O)N2CCN(Cc3nc(NCCCN(C)C)c4ccccc4n3)CC2)c(C)c1. The van der Waals surface area contributed by atoms with Gasteiger partial charge in [0.15, 0.2) is 0 Å². The van der Waals surface area contributed by atoms with Crippen LogP contribution in [-0.4, -0.2) is 83.9 Å². The van der Waals surface area contributed by atoms with Crippen LogP contribution >= 0.6 is 0 Å². The molecule has 0 atom stereocenters. The first-order valence-corrected chi connectivity index (χ1v) is 12.6. The molecule has 1 fully saturated rings. The van der Waals surface area contributed by atoms with Crippen LogP contribution in [0.4, 0.5) is 5.82 Å². The normalized spacial score (nSPS) is 14.6. The molecular formula is C28H38N6O. The second-order valence-electron chi connectivity index (χ2n) is 9.93. The number of anilines is 1. The maximum Gasteiger partial charge on any atom is 0.254 e. The summed E-state index contributed by atoms with van der Waals surface area (Å²) in [6.07, 6.45) is 1.05. The van der Waals surface area contributed by atoms with Crippen molar-refractivity contribution in [2.24, 2.45) is 0 Å². The molecule has 7 heteroatoms. The number of para-hydroxylation sites is 1. The molecule has 0 bridgehead atoms.